The van der Waals surface area contributed by atoms with Gasteiger partial charge in [-0.15, -0.1) is 0 Å². The Hall–Kier alpha value is -2.21. The molecule has 0 amide bonds. The first-order valence-corrected chi connectivity index (χ1v) is 6.08. The number of carbonyl (C=O) groups is 1. The van der Waals surface area contributed by atoms with Crippen LogP contribution in [0.25, 0.3) is 0 Å². The Bertz CT molecular complexity index is 628. The number of nitrogens with zero attached hydrogens (tertiary/aromatic N) is 1. The van der Waals surface area contributed by atoms with Crippen LogP contribution >= 0.6 is 15.9 Å². The van der Waals surface area contributed by atoms with Crippen molar-refractivity contribution in [2.24, 2.45) is 0 Å². The average Bonchev–Trinajstić information content (AvgIpc) is 2.41. The van der Waals surface area contributed by atoms with Gasteiger partial charge in [0.15, 0.2) is 0 Å². The molecule has 0 atom stereocenters. The van der Waals surface area contributed by atoms with Gasteiger partial charge in [0.2, 0.25) is 0 Å². The van der Waals surface area contributed by atoms with E-state index in [9.17, 15) is 14.9 Å². The standard InChI is InChI=1S/C13H8BrNO4/c14-11-7-6-10(8-12(11)15(17)18)19-13(16)9-4-2-1-3-5-9/h1-8H. The minimum absolute atomic E-state index is 0.128. The lowest BCUT2D eigenvalue weighted by Crippen LogP contribution is -2.08. The number of rotatable bonds is 3. The van der Waals surface area contributed by atoms with Crippen molar-refractivity contribution in [3.05, 3.63) is 68.7 Å². The minimum atomic E-state index is -0.558. The van der Waals surface area contributed by atoms with Gasteiger partial charge in [-0.3, -0.25) is 10.1 Å². The van der Waals surface area contributed by atoms with Crippen LogP contribution in [0.1, 0.15) is 10.4 Å². The van der Waals surface area contributed by atoms with Crippen molar-refractivity contribution in [1.82, 2.24) is 0 Å². The third kappa shape index (κ3) is 3.17. The molecule has 0 radical (unpaired) electrons. The van der Waals surface area contributed by atoms with Gasteiger partial charge in [-0.1, -0.05) is 18.2 Å². The lowest BCUT2D eigenvalue weighted by molar-refractivity contribution is -0.385. The molecular weight excluding hydrogens is 314 g/mol. The number of nitro groups is 1. The Labute approximate surface area is 117 Å². The Morgan fingerprint density at radius 2 is 1.84 bits per heavy atom. The number of halogens is 1. The summed E-state index contributed by atoms with van der Waals surface area (Å²) in [5.41, 5.74) is 0.228. The fourth-order valence-corrected chi connectivity index (χ4v) is 1.83. The van der Waals surface area contributed by atoms with Crippen molar-refractivity contribution < 1.29 is 14.5 Å². The first-order chi connectivity index (χ1) is 9.08. The van der Waals surface area contributed by atoms with Gasteiger partial charge in [0.25, 0.3) is 5.69 Å². The van der Waals surface area contributed by atoms with Crippen LogP contribution < -0.4 is 4.74 Å². The number of ether oxygens (including phenoxy) is 1. The predicted octanol–water partition coefficient (Wildman–Crippen LogP) is 3.58. The van der Waals surface area contributed by atoms with Gasteiger partial charge in [0.1, 0.15) is 5.75 Å². The zero-order chi connectivity index (χ0) is 13.8. The van der Waals surface area contributed by atoms with Crippen LogP contribution in [-0.2, 0) is 0 Å². The average molecular weight is 322 g/mol. The van der Waals surface area contributed by atoms with Crippen molar-refractivity contribution in [1.29, 1.82) is 0 Å². The largest absolute Gasteiger partial charge is 0.423 e. The summed E-state index contributed by atoms with van der Waals surface area (Å²) in [6.07, 6.45) is 0. The van der Waals surface area contributed by atoms with Crippen molar-refractivity contribution in [3.63, 3.8) is 0 Å². The summed E-state index contributed by atoms with van der Waals surface area (Å²) in [7, 11) is 0. The number of hydrogen-bond acceptors (Lipinski definition) is 4. The van der Waals surface area contributed by atoms with Gasteiger partial charge in [-0.2, -0.15) is 0 Å². The molecule has 2 aromatic carbocycles. The normalized spacial score (nSPS) is 9.95. The van der Waals surface area contributed by atoms with Gasteiger partial charge in [0.05, 0.1) is 21.0 Å². The Morgan fingerprint density at radius 1 is 1.16 bits per heavy atom. The van der Waals surface area contributed by atoms with E-state index in [-0.39, 0.29) is 11.4 Å². The van der Waals surface area contributed by atoms with Gasteiger partial charge >= 0.3 is 5.97 Å². The highest BCUT2D eigenvalue weighted by atomic mass is 79.9. The highest BCUT2D eigenvalue weighted by molar-refractivity contribution is 9.10. The molecular formula is C13H8BrNO4. The molecule has 0 aromatic heterocycles. The molecule has 0 spiro atoms. The maximum atomic E-state index is 11.8. The molecule has 2 rings (SSSR count). The van der Waals surface area contributed by atoms with Gasteiger partial charge in [-0.05, 0) is 40.2 Å². The quantitative estimate of drug-likeness (QED) is 0.375. The molecule has 0 saturated heterocycles. The molecule has 0 saturated carbocycles. The second-order valence-electron chi connectivity index (χ2n) is 3.63. The number of carbonyl (C=O) groups excluding carboxylic acids is 1. The topological polar surface area (TPSA) is 69.4 Å². The first kappa shape index (κ1) is 13.2. The fraction of sp³-hybridized carbons (Fsp3) is 0. The van der Waals surface area contributed by atoms with E-state index in [1.165, 1.54) is 18.2 Å². The number of esters is 1. The van der Waals surface area contributed by atoms with Crippen LogP contribution in [0.5, 0.6) is 5.75 Å². The van der Waals surface area contributed by atoms with Crippen molar-refractivity contribution in [2.75, 3.05) is 0 Å². The maximum Gasteiger partial charge on any atom is 0.343 e. The molecule has 0 aliphatic carbocycles. The summed E-state index contributed by atoms with van der Waals surface area (Å²) in [5.74, 6) is -0.430. The smallest absolute Gasteiger partial charge is 0.343 e. The van der Waals surface area contributed by atoms with Crippen LogP contribution in [0, 0.1) is 10.1 Å². The molecule has 0 fully saturated rings. The van der Waals surface area contributed by atoms with E-state index in [4.69, 9.17) is 4.74 Å². The Morgan fingerprint density at radius 3 is 2.47 bits per heavy atom. The maximum absolute atomic E-state index is 11.8. The van der Waals surface area contributed by atoms with Crippen LogP contribution in [0.15, 0.2) is 53.0 Å². The highest BCUT2D eigenvalue weighted by Crippen LogP contribution is 2.29. The first-order valence-electron chi connectivity index (χ1n) is 5.29. The minimum Gasteiger partial charge on any atom is -0.423 e. The summed E-state index contributed by atoms with van der Waals surface area (Å²) in [5, 5.41) is 10.8. The Balaban J connectivity index is 2.23. The number of hydrogen-bond donors (Lipinski definition) is 0. The molecule has 0 aliphatic rings. The lowest BCUT2D eigenvalue weighted by atomic mass is 10.2. The molecule has 2 aromatic rings. The van der Waals surface area contributed by atoms with Gasteiger partial charge in [-0.25, -0.2) is 4.79 Å². The van der Waals surface area contributed by atoms with E-state index in [2.05, 4.69) is 15.9 Å². The summed E-state index contributed by atoms with van der Waals surface area (Å²) < 4.78 is 5.41. The summed E-state index contributed by atoms with van der Waals surface area (Å²) >= 11 is 3.06. The van der Waals surface area contributed by atoms with Crippen LogP contribution in [0.2, 0.25) is 0 Å². The zero-order valence-electron chi connectivity index (χ0n) is 9.58. The van der Waals surface area contributed by atoms with E-state index in [0.717, 1.165) is 0 Å². The lowest BCUT2D eigenvalue weighted by Gasteiger charge is -2.04. The fourth-order valence-electron chi connectivity index (χ4n) is 1.44. The van der Waals surface area contributed by atoms with Gasteiger partial charge in [0, 0.05) is 0 Å². The monoisotopic (exact) mass is 321 g/mol. The van der Waals surface area contributed by atoms with E-state index in [0.29, 0.717) is 10.0 Å². The van der Waals surface area contributed by atoms with Crippen LogP contribution in [0.3, 0.4) is 0 Å². The second kappa shape index (κ2) is 5.62. The second-order valence-corrected chi connectivity index (χ2v) is 4.48. The van der Waals surface area contributed by atoms with Crippen LogP contribution in [0.4, 0.5) is 5.69 Å². The predicted molar refractivity (Wildman–Crippen MR) is 72.2 cm³/mol. The molecule has 0 bridgehead atoms. The molecule has 0 aliphatic heterocycles. The van der Waals surface area contributed by atoms with E-state index >= 15 is 0 Å². The molecule has 0 N–H and O–H groups in total. The Kier molecular flexibility index (Phi) is 3.91. The molecule has 0 unspecified atom stereocenters. The summed E-state index contributed by atoms with van der Waals surface area (Å²) in [6.45, 7) is 0. The van der Waals surface area contributed by atoms with Crippen molar-refractivity contribution in [2.45, 2.75) is 0 Å². The third-order valence-corrected chi connectivity index (χ3v) is 3.00. The van der Waals surface area contributed by atoms with E-state index < -0.39 is 10.9 Å². The number of nitro benzene ring substituents is 1. The van der Waals surface area contributed by atoms with Crippen molar-refractivity contribution >= 4 is 27.6 Å². The zero-order valence-corrected chi connectivity index (χ0v) is 11.2. The van der Waals surface area contributed by atoms with Crippen molar-refractivity contribution in [3.8, 4) is 5.75 Å². The molecule has 0 heterocycles. The molecule has 19 heavy (non-hydrogen) atoms. The van der Waals surface area contributed by atoms with E-state index in [1.54, 1.807) is 30.3 Å². The van der Waals surface area contributed by atoms with Gasteiger partial charge < -0.3 is 4.74 Å². The SMILES string of the molecule is O=C(Oc1ccc(Br)c([N+](=O)[O-])c1)c1ccccc1. The van der Waals surface area contributed by atoms with Crippen LogP contribution in [-0.4, -0.2) is 10.9 Å². The summed E-state index contributed by atoms with van der Waals surface area (Å²) in [4.78, 5) is 22.0. The molecule has 6 heteroatoms. The third-order valence-electron chi connectivity index (χ3n) is 2.33. The number of benzene rings is 2. The molecule has 5 nitrogen and oxygen atoms in total. The highest BCUT2D eigenvalue weighted by Gasteiger charge is 2.15. The summed E-state index contributed by atoms with van der Waals surface area (Å²) in [6, 6.07) is 12.6. The van der Waals surface area contributed by atoms with E-state index in [1.807, 2.05) is 0 Å². The molecule has 96 valence electrons.